The fraction of sp³-hybridized carbons (Fsp3) is 0.455. The van der Waals surface area contributed by atoms with E-state index in [1.54, 1.807) is 13.3 Å². The fourth-order valence-corrected chi connectivity index (χ4v) is 3.90. The molecule has 1 saturated heterocycles. The quantitative estimate of drug-likeness (QED) is 0.754. The van der Waals surface area contributed by atoms with Gasteiger partial charge in [-0.1, -0.05) is 18.2 Å². The molecule has 1 aromatic heterocycles. The van der Waals surface area contributed by atoms with Gasteiger partial charge in [0.1, 0.15) is 5.75 Å². The van der Waals surface area contributed by atoms with Gasteiger partial charge in [0.2, 0.25) is 5.91 Å². The molecule has 1 atom stereocenters. The van der Waals surface area contributed by atoms with Gasteiger partial charge in [0.15, 0.2) is 0 Å². The second-order valence-corrected chi connectivity index (χ2v) is 7.45. The standard InChI is InChI=1S/C22H26N2O3/c1-26-19-9-7-17(8-10-19)22(11-12-22)21(25)24(16-20-6-4-14-27-20)15-18-5-2-3-13-23-18/h2-3,5,7-10,13,20H,4,6,11-12,14-16H2,1H3/t20-/m0/s1. The van der Waals surface area contributed by atoms with Crippen molar-refractivity contribution in [2.24, 2.45) is 0 Å². The first kappa shape index (κ1) is 18.0. The monoisotopic (exact) mass is 366 g/mol. The van der Waals surface area contributed by atoms with Gasteiger partial charge >= 0.3 is 0 Å². The molecule has 2 aromatic rings. The molecule has 0 N–H and O–H groups in total. The minimum absolute atomic E-state index is 0.129. The first-order valence-electron chi connectivity index (χ1n) is 9.67. The summed E-state index contributed by atoms with van der Waals surface area (Å²) in [6.45, 7) is 1.95. The van der Waals surface area contributed by atoms with Crippen molar-refractivity contribution in [1.82, 2.24) is 9.88 Å². The van der Waals surface area contributed by atoms with Gasteiger partial charge in [-0.05, 0) is 55.5 Å². The Bertz CT molecular complexity index is 766. The van der Waals surface area contributed by atoms with Gasteiger partial charge in [-0.25, -0.2) is 0 Å². The second-order valence-electron chi connectivity index (χ2n) is 7.45. The van der Waals surface area contributed by atoms with Crippen LogP contribution in [-0.4, -0.2) is 42.2 Å². The number of hydrogen-bond donors (Lipinski definition) is 0. The van der Waals surface area contributed by atoms with Gasteiger partial charge < -0.3 is 14.4 Å². The molecular formula is C22H26N2O3. The fourth-order valence-electron chi connectivity index (χ4n) is 3.90. The average Bonchev–Trinajstić information content (AvgIpc) is 3.37. The molecule has 1 saturated carbocycles. The Morgan fingerprint density at radius 1 is 1.26 bits per heavy atom. The molecular weight excluding hydrogens is 340 g/mol. The first-order valence-corrected chi connectivity index (χ1v) is 9.67. The highest BCUT2D eigenvalue weighted by atomic mass is 16.5. The Labute approximate surface area is 160 Å². The highest BCUT2D eigenvalue weighted by Crippen LogP contribution is 2.50. The molecule has 2 fully saturated rings. The van der Waals surface area contributed by atoms with Gasteiger partial charge in [0.05, 0.1) is 30.9 Å². The van der Waals surface area contributed by atoms with Crippen LogP contribution in [0.15, 0.2) is 48.7 Å². The smallest absolute Gasteiger partial charge is 0.233 e. The van der Waals surface area contributed by atoms with E-state index in [0.29, 0.717) is 13.1 Å². The van der Waals surface area contributed by atoms with Crippen LogP contribution in [0.2, 0.25) is 0 Å². The molecule has 0 radical (unpaired) electrons. The van der Waals surface area contributed by atoms with Crippen molar-refractivity contribution < 1.29 is 14.3 Å². The first-order chi connectivity index (χ1) is 13.2. The summed E-state index contributed by atoms with van der Waals surface area (Å²) < 4.78 is 11.1. The Balaban J connectivity index is 1.56. The molecule has 1 aliphatic carbocycles. The summed E-state index contributed by atoms with van der Waals surface area (Å²) in [6, 6.07) is 13.8. The molecule has 5 nitrogen and oxygen atoms in total. The van der Waals surface area contributed by atoms with Gasteiger partial charge in [0.25, 0.3) is 0 Å². The van der Waals surface area contributed by atoms with E-state index in [1.807, 2.05) is 47.4 Å². The molecule has 1 aliphatic heterocycles. The van der Waals surface area contributed by atoms with Crippen molar-refractivity contribution in [3.05, 3.63) is 59.9 Å². The number of benzene rings is 1. The number of hydrogen-bond acceptors (Lipinski definition) is 4. The predicted molar refractivity (Wildman–Crippen MR) is 103 cm³/mol. The summed E-state index contributed by atoms with van der Waals surface area (Å²) in [7, 11) is 1.66. The summed E-state index contributed by atoms with van der Waals surface area (Å²) in [5.41, 5.74) is 1.58. The topological polar surface area (TPSA) is 51.7 Å². The molecule has 1 amide bonds. The number of carbonyl (C=O) groups excluding carboxylic acids is 1. The number of nitrogens with zero attached hydrogens (tertiary/aromatic N) is 2. The van der Waals surface area contributed by atoms with Crippen LogP contribution in [0.5, 0.6) is 5.75 Å². The Morgan fingerprint density at radius 3 is 2.67 bits per heavy atom. The predicted octanol–water partition coefficient (Wildman–Crippen LogP) is 3.33. The maximum atomic E-state index is 13.6. The molecule has 0 unspecified atom stereocenters. The van der Waals surface area contributed by atoms with E-state index < -0.39 is 5.41 Å². The van der Waals surface area contributed by atoms with Crippen LogP contribution in [-0.2, 0) is 21.5 Å². The van der Waals surface area contributed by atoms with Crippen LogP contribution in [0.4, 0.5) is 0 Å². The number of pyridine rings is 1. The Hall–Kier alpha value is -2.40. The van der Waals surface area contributed by atoms with Gasteiger partial charge in [0, 0.05) is 19.3 Å². The van der Waals surface area contributed by atoms with Crippen molar-refractivity contribution in [2.75, 3.05) is 20.3 Å². The summed E-state index contributed by atoms with van der Waals surface area (Å²) in [4.78, 5) is 20.0. The Kier molecular flexibility index (Phi) is 5.12. The molecule has 2 aliphatic rings. The minimum Gasteiger partial charge on any atom is -0.497 e. The number of rotatable bonds is 7. The molecule has 2 heterocycles. The molecule has 142 valence electrons. The lowest BCUT2D eigenvalue weighted by atomic mass is 9.93. The third kappa shape index (κ3) is 3.83. The average molecular weight is 366 g/mol. The Morgan fingerprint density at radius 2 is 2.07 bits per heavy atom. The minimum atomic E-state index is -0.403. The molecule has 0 spiro atoms. The maximum Gasteiger partial charge on any atom is 0.233 e. The number of amides is 1. The molecule has 27 heavy (non-hydrogen) atoms. The van der Waals surface area contributed by atoms with E-state index in [1.165, 1.54) is 0 Å². The van der Waals surface area contributed by atoms with E-state index >= 15 is 0 Å². The highest BCUT2D eigenvalue weighted by molar-refractivity contribution is 5.91. The lowest BCUT2D eigenvalue weighted by Crippen LogP contribution is -2.43. The van der Waals surface area contributed by atoms with Gasteiger partial charge in [-0.2, -0.15) is 0 Å². The van der Waals surface area contributed by atoms with Gasteiger partial charge in [-0.3, -0.25) is 9.78 Å². The zero-order valence-electron chi connectivity index (χ0n) is 15.8. The zero-order valence-corrected chi connectivity index (χ0v) is 15.8. The van der Waals surface area contributed by atoms with Crippen molar-refractivity contribution >= 4 is 5.91 Å². The SMILES string of the molecule is COc1ccc(C2(C(=O)N(Cc3ccccn3)C[C@@H]3CCCO3)CC2)cc1. The maximum absolute atomic E-state index is 13.6. The largest absolute Gasteiger partial charge is 0.497 e. The lowest BCUT2D eigenvalue weighted by Gasteiger charge is -2.29. The van der Waals surface area contributed by atoms with Gasteiger partial charge in [-0.15, -0.1) is 0 Å². The number of carbonyl (C=O) groups is 1. The number of methoxy groups -OCH3 is 1. The summed E-state index contributed by atoms with van der Waals surface area (Å²) in [5.74, 6) is 1.00. The van der Waals surface area contributed by atoms with Crippen molar-refractivity contribution in [3.8, 4) is 5.75 Å². The molecule has 1 aromatic carbocycles. The molecule has 0 bridgehead atoms. The molecule has 5 heteroatoms. The normalized spacial score (nSPS) is 20.3. The summed E-state index contributed by atoms with van der Waals surface area (Å²) in [5, 5.41) is 0. The third-order valence-corrected chi connectivity index (χ3v) is 5.62. The van der Waals surface area contributed by atoms with Crippen LogP contribution in [0.25, 0.3) is 0 Å². The second kappa shape index (κ2) is 7.69. The number of ether oxygens (including phenoxy) is 2. The van der Waals surface area contributed by atoms with Crippen molar-refractivity contribution in [1.29, 1.82) is 0 Å². The van der Waals surface area contributed by atoms with Crippen molar-refractivity contribution in [2.45, 2.75) is 43.7 Å². The van der Waals surface area contributed by atoms with E-state index in [0.717, 1.165) is 49.3 Å². The van der Waals surface area contributed by atoms with Crippen LogP contribution in [0, 0.1) is 0 Å². The van der Waals surface area contributed by atoms with E-state index in [4.69, 9.17) is 9.47 Å². The van der Waals surface area contributed by atoms with Crippen LogP contribution < -0.4 is 4.74 Å². The highest BCUT2D eigenvalue weighted by Gasteiger charge is 2.53. The van der Waals surface area contributed by atoms with E-state index in [-0.39, 0.29) is 12.0 Å². The number of aromatic nitrogens is 1. The lowest BCUT2D eigenvalue weighted by molar-refractivity contribution is -0.136. The summed E-state index contributed by atoms with van der Waals surface area (Å²) >= 11 is 0. The van der Waals surface area contributed by atoms with Crippen LogP contribution >= 0.6 is 0 Å². The zero-order chi connectivity index (χ0) is 18.7. The van der Waals surface area contributed by atoms with E-state index in [2.05, 4.69) is 4.98 Å². The van der Waals surface area contributed by atoms with E-state index in [9.17, 15) is 4.79 Å². The molecule has 4 rings (SSSR count). The van der Waals surface area contributed by atoms with Crippen LogP contribution in [0.3, 0.4) is 0 Å². The van der Waals surface area contributed by atoms with Crippen LogP contribution in [0.1, 0.15) is 36.9 Å². The summed E-state index contributed by atoms with van der Waals surface area (Å²) in [6.07, 6.45) is 5.77. The third-order valence-electron chi connectivity index (χ3n) is 5.62. The van der Waals surface area contributed by atoms with Crippen molar-refractivity contribution in [3.63, 3.8) is 0 Å².